The zero-order chi connectivity index (χ0) is 29.5. The Morgan fingerprint density at radius 3 is 2.02 bits per heavy atom. The highest BCUT2D eigenvalue weighted by molar-refractivity contribution is 7.26. The molecule has 0 bridgehead atoms. The van der Waals surface area contributed by atoms with Crippen molar-refractivity contribution in [2.45, 2.75) is 0 Å². The van der Waals surface area contributed by atoms with Gasteiger partial charge in [-0.3, -0.25) is 0 Å². The van der Waals surface area contributed by atoms with E-state index in [0.717, 1.165) is 38.5 Å². The largest absolute Gasteiger partial charge is 0.308 e. The van der Waals surface area contributed by atoms with Crippen molar-refractivity contribution >= 4 is 85.0 Å². The Labute approximate surface area is 266 Å². The van der Waals surface area contributed by atoms with E-state index in [-0.39, 0.29) is 0 Å². The van der Waals surface area contributed by atoms with Gasteiger partial charge in [-0.25, -0.2) is 9.97 Å². The molecule has 0 aliphatic rings. The second-order valence-electron chi connectivity index (χ2n) is 11.3. The molecule has 10 aromatic rings. The molecule has 0 aliphatic carbocycles. The van der Waals surface area contributed by atoms with Crippen molar-refractivity contribution in [3.63, 3.8) is 0 Å². The van der Waals surface area contributed by atoms with Gasteiger partial charge in [-0.15, -0.1) is 22.7 Å². The van der Waals surface area contributed by atoms with E-state index in [2.05, 4.69) is 144 Å². The highest BCUT2D eigenvalue weighted by atomic mass is 32.1. The van der Waals surface area contributed by atoms with Crippen LogP contribution in [-0.2, 0) is 0 Å². The van der Waals surface area contributed by atoms with Crippen molar-refractivity contribution < 1.29 is 0 Å². The van der Waals surface area contributed by atoms with E-state index >= 15 is 0 Å². The highest BCUT2D eigenvalue weighted by Gasteiger charge is 2.22. The maximum atomic E-state index is 5.34. The summed E-state index contributed by atoms with van der Waals surface area (Å²) in [4.78, 5) is 10.7. The summed E-state index contributed by atoms with van der Waals surface area (Å²) in [5.41, 5.74) is 7.50. The summed E-state index contributed by atoms with van der Waals surface area (Å²) >= 11 is 3.63. The second kappa shape index (κ2) is 9.57. The molecule has 0 saturated heterocycles. The normalized spacial score (nSPS) is 12.0. The zero-order valence-electron chi connectivity index (χ0n) is 23.9. The molecule has 0 fully saturated rings. The molecular formula is C40H23N3S2. The molecule has 0 radical (unpaired) electrons. The maximum Gasteiger partial charge on any atom is 0.162 e. The van der Waals surface area contributed by atoms with Gasteiger partial charge in [0.15, 0.2) is 5.82 Å². The Balaban J connectivity index is 1.32. The molecule has 10 rings (SSSR count). The van der Waals surface area contributed by atoms with Gasteiger partial charge in [-0.1, -0.05) is 97.1 Å². The van der Waals surface area contributed by atoms with E-state index in [1.807, 2.05) is 11.3 Å². The maximum absolute atomic E-state index is 5.34. The van der Waals surface area contributed by atoms with Crippen LogP contribution in [0, 0.1) is 0 Å². The minimum Gasteiger partial charge on any atom is -0.308 e. The van der Waals surface area contributed by atoms with Crippen LogP contribution in [0.3, 0.4) is 0 Å². The van der Waals surface area contributed by atoms with Gasteiger partial charge in [0, 0.05) is 52.2 Å². The Hall–Kier alpha value is -5.36. The monoisotopic (exact) mass is 609 g/mol. The number of rotatable bonds is 3. The number of para-hydroxylation sites is 2. The minimum atomic E-state index is 0.730. The van der Waals surface area contributed by atoms with E-state index in [4.69, 9.17) is 9.97 Å². The molecule has 4 heterocycles. The van der Waals surface area contributed by atoms with Crippen molar-refractivity contribution in [3.05, 3.63) is 140 Å². The lowest BCUT2D eigenvalue weighted by molar-refractivity contribution is 1.16. The van der Waals surface area contributed by atoms with Crippen LogP contribution in [0.2, 0.25) is 0 Å². The van der Waals surface area contributed by atoms with E-state index < -0.39 is 0 Å². The van der Waals surface area contributed by atoms with Gasteiger partial charge >= 0.3 is 0 Å². The van der Waals surface area contributed by atoms with E-state index in [1.54, 1.807) is 11.3 Å². The highest BCUT2D eigenvalue weighted by Crippen LogP contribution is 2.45. The van der Waals surface area contributed by atoms with Crippen molar-refractivity contribution in [1.29, 1.82) is 0 Å². The Morgan fingerprint density at radius 1 is 0.467 bits per heavy atom. The third-order valence-electron chi connectivity index (χ3n) is 8.83. The number of aromatic nitrogens is 3. The molecule has 4 aromatic heterocycles. The average Bonchev–Trinajstić information content (AvgIpc) is 3.77. The van der Waals surface area contributed by atoms with Gasteiger partial charge < -0.3 is 4.57 Å². The molecular weight excluding hydrogens is 587 g/mol. The lowest BCUT2D eigenvalue weighted by atomic mass is 10.1. The summed E-state index contributed by atoms with van der Waals surface area (Å²) < 4.78 is 7.37. The summed E-state index contributed by atoms with van der Waals surface area (Å²) in [7, 11) is 0. The second-order valence-corrected chi connectivity index (χ2v) is 13.5. The zero-order valence-corrected chi connectivity index (χ0v) is 25.6. The summed E-state index contributed by atoms with van der Waals surface area (Å²) in [6.45, 7) is 0. The molecule has 210 valence electrons. The van der Waals surface area contributed by atoms with Crippen LogP contribution in [0.15, 0.2) is 140 Å². The molecule has 0 spiro atoms. The number of nitrogens with zero attached hydrogens (tertiary/aromatic N) is 3. The summed E-state index contributed by atoms with van der Waals surface area (Å²) in [5, 5.41) is 6.35. The molecule has 6 aromatic carbocycles. The fourth-order valence-electron chi connectivity index (χ4n) is 6.89. The van der Waals surface area contributed by atoms with E-state index in [9.17, 15) is 0 Å². The fourth-order valence-corrected chi connectivity index (χ4v) is 9.16. The number of hydrogen-bond donors (Lipinski definition) is 0. The van der Waals surface area contributed by atoms with Crippen LogP contribution in [0.1, 0.15) is 0 Å². The Kier molecular flexibility index (Phi) is 5.32. The van der Waals surface area contributed by atoms with Crippen LogP contribution in [-0.4, -0.2) is 14.5 Å². The lowest BCUT2D eigenvalue weighted by Crippen LogP contribution is -2.00. The van der Waals surface area contributed by atoms with Gasteiger partial charge in [0.1, 0.15) is 0 Å². The van der Waals surface area contributed by atoms with Crippen molar-refractivity contribution in [2.24, 2.45) is 0 Å². The first-order chi connectivity index (χ1) is 22.3. The van der Waals surface area contributed by atoms with E-state index in [0.29, 0.717) is 0 Å². The number of benzene rings is 6. The van der Waals surface area contributed by atoms with Gasteiger partial charge in [-0.05, 0) is 42.5 Å². The topological polar surface area (TPSA) is 30.7 Å². The number of hydrogen-bond acceptors (Lipinski definition) is 4. The average molecular weight is 610 g/mol. The molecule has 0 unspecified atom stereocenters. The molecule has 0 N–H and O–H groups in total. The quantitative estimate of drug-likeness (QED) is 0.199. The third kappa shape index (κ3) is 3.62. The van der Waals surface area contributed by atoms with Crippen LogP contribution in [0.25, 0.3) is 90.6 Å². The summed E-state index contributed by atoms with van der Waals surface area (Å²) in [6.07, 6.45) is 0. The Morgan fingerprint density at radius 2 is 1.16 bits per heavy atom. The fraction of sp³-hybridized carbons (Fsp3) is 0. The lowest BCUT2D eigenvalue weighted by Gasteiger charge is -2.14. The predicted molar refractivity (Wildman–Crippen MR) is 193 cm³/mol. The van der Waals surface area contributed by atoms with Crippen molar-refractivity contribution in [3.8, 4) is 28.3 Å². The first kappa shape index (κ1) is 25.0. The van der Waals surface area contributed by atoms with Gasteiger partial charge in [-0.2, -0.15) is 0 Å². The van der Waals surface area contributed by atoms with Gasteiger partial charge in [0.2, 0.25) is 0 Å². The van der Waals surface area contributed by atoms with Gasteiger partial charge in [0.25, 0.3) is 0 Å². The van der Waals surface area contributed by atoms with Crippen LogP contribution < -0.4 is 0 Å². The molecule has 0 atom stereocenters. The molecule has 5 heteroatoms. The Bertz CT molecular complexity index is 2770. The molecule has 3 nitrogen and oxygen atoms in total. The van der Waals surface area contributed by atoms with Crippen molar-refractivity contribution in [2.75, 3.05) is 0 Å². The summed E-state index contributed by atoms with van der Waals surface area (Å²) in [5.74, 6) is 0.730. The predicted octanol–water partition coefficient (Wildman–Crippen LogP) is 11.6. The minimum absolute atomic E-state index is 0.730. The summed E-state index contributed by atoms with van der Waals surface area (Å²) in [6, 6.07) is 49.8. The number of fused-ring (bicyclic) bond motifs is 10. The van der Waals surface area contributed by atoms with Crippen LogP contribution in [0.5, 0.6) is 0 Å². The first-order valence-electron chi connectivity index (χ1n) is 15.0. The van der Waals surface area contributed by atoms with Gasteiger partial charge in [0.05, 0.1) is 32.6 Å². The smallest absolute Gasteiger partial charge is 0.162 e. The third-order valence-corrected chi connectivity index (χ3v) is 11.1. The number of thiophene rings is 2. The first-order valence-corrected chi connectivity index (χ1v) is 16.6. The molecule has 0 saturated carbocycles. The molecule has 0 aliphatic heterocycles. The molecule has 45 heavy (non-hydrogen) atoms. The van der Waals surface area contributed by atoms with Crippen LogP contribution >= 0.6 is 22.7 Å². The van der Waals surface area contributed by atoms with E-state index in [1.165, 1.54) is 52.1 Å². The van der Waals surface area contributed by atoms with Crippen LogP contribution in [0.4, 0.5) is 0 Å². The standard InChI is InChI=1S/C40H23N3S2/c1-2-12-24(13-3-1)37-39-38(28-17-7-11-21-33(28)45-39)42-40(41-37)26-15-5-9-19-30(26)43-29-18-8-4-14-25(29)35-31(43)22-23-34-36(35)27-16-6-10-20-32(27)44-34/h1-23H. The molecule has 0 amide bonds. The van der Waals surface area contributed by atoms with Crippen molar-refractivity contribution in [1.82, 2.24) is 14.5 Å². The SMILES string of the molecule is c1ccc(-c2nc(-c3ccccc3-n3c4ccccc4c4c5c(ccc43)sc3ccccc35)nc3c2sc2ccccc23)cc1.